The second-order valence-electron chi connectivity index (χ2n) is 9.13. The monoisotopic (exact) mass is 549 g/mol. The summed E-state index contributed by atoms with van der Waals surface area (Å²) >= 11 is 0. The number of hydrogen-bond acceptors (Lipinski definition) is 3. The number of hydrogen-bond donors (Lipinski definition) is 1. The number of halogens is 5. The Hall–Kier alpha value is -3.42. The van der Waals surface area contributed by atoms with E-state index in [9.17, 15) is 22.0 Å². The topological polar surface area (TPSA) is 42.4 Å². The molecule has 0 saturated heterocycles. The Morgan fingerprint density at radius 1 is 0.615 bits per heavy atom. The van der Waals surface area contributed by atoms with Gasteiger partial charge in [0.25, 0.3) is 0 Å². The van der Waals surface area contributed by atoms with E-state index < -0.39 is 34.8 Å². The Balaban J connectivity index is 0.000000370. The molecule has 0 aliphatic rings. The normalized spacial score (nSPS) is 10.9. The fourth-order valence-corrected chi connectivity index (χ4v) is 3.72. The zero-order chi connectivity index (χ0) is 28.5. The molecule has 1 heterocycles. The van der Waals surface area contributed by atoms with Crippen LogP contribution in [0.2, 0.25) is 0 Å². The summed E-state index contributed by atoms with van der Waals surface area (Å²) in [6.07, 6.45) is 21.4. The van der Waals surface area contributed by atoms with Crippen molar-refractivity contribution < 1.29 is 31.8 Å². The summed E-state index contributed by atoms with van der Waals surface area (Å²) in [6.45, 7) is 3.10. The maximum absolute atomic E-state index is 12.2. The number of phenols is 1. The molecule has 0 saturated carbocycles. The molecule has 0 aliphatic heterocycles. The van der Waals surface area contributed by atoms with Crippen LogP contribution in [0.25, 0.3) is 12.2 Å². The van der Waals surface area contributed by atoms with Crippen molar-refractivity contribution in [2.24, 2.45) is 0 Å². The molecule has 2 aromatic carbocycles. The number of pyridine rings is 1. The summed E-state index contributed by atoms with van der Waals surface area (Å²) < 4.78 is 66.5. The number of aromatic nitrogens is 1. The van der Waals surface area contributed by atoms with E-state index in [1.165, 1.54) is 63.4 Å². The van der Waals surface area contributed by atoms with Gasteiger partial charge in [-0.1, -0.05) is 89.0 Å². The van der Waals surface area contributed by atoms with Crippen LogP contribution in [0.3, 0.4) is 0 Å². The standard InChI is InChI=1S/C25H35NO.C6HF5O/c1-2-3-4-5-6-7-8-9-10-11-22-27-25-16-14-23(15-17-25)12-13-24-18-20-26-21-19-24;7-1-2(8)4(10)6(12)5(11)3(1)9/h12-21H,2-11,22H2,1H3;12H/b13-12+;. The maximum atomic E-state index is 12.2. The zero-order valence-corrected chi connectivity index (χ0v) is 22.2. The molecule has 212 valence electrons. The second kappa shape index (κ2) is 18.0. The quantitative estimate of drug-likeness (QED) is 0.0942. The zero-order valence-electron chi connectivity index (χ0n) is 22.2. The Morgan fingerprint density at radius 3 is 1.56 bits per heavy atom. The van der Waals surface area contributed by atoms with Gasteiger partial charge in [-0.3, -0.25) is 4.98 Å². The van der Waals surface area contributed by atoms with Crippen LogP contribution in [0.1, 0.15) is 82.3 Å². The molecule has 0 amide bonds. The Kier molecular flexibility index (Phi) is 14.7. The Morgan fingerprint density at radius 2 is 1.05 bits per heavy atom. The average Bonchev–Trinajstić information content (AvgIpc) is 2.97. The number of nitrogens with zero attached hydrogens (tertiary/aromatic N) is 1. The predicted molar refractivity (Wildman–Crippen MR) is 145 cm³/mol. The first-order chi connectivity index (χ1) is 18.8. The number of phenolic OH excluding ortho intramolecular Hbond substituents is 1. The van der Waals surface area contributed by atoms with Gasteiger partial charge in [0.1, 0.15) is 5.75 Å². The van der Waals surface area contributed by atoms with Crippen molar-refractivity contribution in [2.75, 3.05) is 6.61 Å². The van der Waals surface area contributed by atoms with E-state index in [0.717, 1.165) is 24.3 Å². The predicted octanol–water partition coefficient (Wildman–Crippen LogP) is 9.64. The van der Waals surface area contributed by atoms with Crippen LogP contribution < -0.4 is 4.74 Å². The first-order valence-electron chi connectivity index (χ1n) is 13.4. The highest BCUT2D eigenvalue weighted by molar-refractivity contribution is 5.69. The van der Waals surface area contributed by atoms with Gasteiger partial charge >= 0.3 is 0 Å². The van der Waals surface area contributed by atoms with Crippen LogP contribution >= 0.6 is 0 Å². The lowest BCUT2D eigenvalue weighted by Crippen LogP contribution is -2.00. The highest BCUT2D eigenvalue weighted by atomic mass is 19.2. The van der Waals surface area contributed by atoms with Crippen LogP contribution in [-0.4, -0.2) is 16.7 Å². The van der Waals surface area contributed by atoms with Gasteiger partial charge in [-0.25, -0.2) is 13.2 Å². The molecule has 0 atom stereocenters. The highest BCUT2D eigenvalue weighted by Gasteiger charge is 2.25. The van der Waals surface area contributed by atoms with Gasteiger partial charge in [-0.2, -0.15) is 8.78 Å². The Labute approximate surface area is 227 Å². The van der Waals surface area contributed by atoms with E-state index in [1.807, 2.05) is 24.5 Å². The average molecular weight is 550 g/mol. The molecule has 0 aliphatic carbocycles. The van der Waals surface area contributed by atoms with E-state index in [2.05, 4.69) is 48.3 Å². The molecule has 0 radical (unpaired) electrons. The summed E-state index contributed by atoms with van der Waals surface area (Å²) in [5.41, 5.74) is 2.34. The second-order valence-corrected chi connectivity index (χ2v) is 9.13. The molecule has 3 nitrogen and oxygen atoms in total. The van der Waals surface area contributed by atoms with Crippen LogP contribution in [0, 0.1) is 29.1 Å². The van der Waals surface area contributed by atoms with Crippen molar-refractivity contribution in [3.8, 4) is 11.5 Å². The molecule has 39 heavy (non-hydrogen) atoms. The van der Waals surface area contributed by atoms with Crippen molar-refractivity contribution in [3.05, 3.63) is 89.0 Å². The van der Waals surface area contributed by atoms with Gasteiger partial charge in [0, 0.05) is 12.4 Å². The number of rotatable bonds is 14. The van der Waals surface area contributed by atoms with Crippen molar-refractivity contribution in [1.82, 2.24) is 4.98 Å². The molecular weight excluding hydrogens is 513 g/mol. The van der Waals surface area contributed by atoms with Gasteiger partial charge in [-0.05, 0) is 41.8 Å². The number of unbranched alkanes of at least 4 members (excludes halogenated alkanes) is 9. The number of benzene rings is 2. The fraction of sp³-hybridized carbons (Fsp3) is 0.387. The van der Waals surface area contributed by atoms with Gasteiger partial charge in [0.15, 0.2) is 5.75 Å². The highest BCUT2D eigenvalue weighted by Crippen LogP contribution is 2.27. The third kappa shape index (κ3) is 11.5. The minimum absolute atomic E-state index is 0.822. The molecule has 1 N–H and O–H groups in total. The minimum atomic E-state index is -2.29. The van der Waals surface area contributed by atoms with Gasteiger partial charge in [0.2, 0.25) is 29.1 Å². The molecule has 0 spiro atoms. The van der Waals surface area contributed by atoms with Gasteiger partial charge in [-0.15, -0.1) is 0 Å². The largest absolute Gasteiger partial charge is 0.503 e. The molecular formula is C31H36F5NO2. The van der Waals surface area contributed by atoms with Crippen molar-refractivity contribution >= 4 is 12.2 Å². The van der Waals surface area contributed by atoms with Crippen LogP contribution in [0.5, 0.6) is 11.5 Å². The SMILES string of the molecule is CCCCCCCCCCCCOc1ccc(/C=C/c2ccncc2)cc1.Oc1c(F)c(F)c(F)c(F)c1F. The Bertz CT molecular complexity index is 1030. The van der Waals surface area contributed by atoms with Crippen molar-refractivity contribution in [1.29, 1.82) is 0 Å². The first kappa shape index (κ1) is 31.8. The summed E-state index contributed by atoms with van der Waals surface area (Å²) in [5.74, 6) is -12.0. The van der Waals surface area contributed by atoms with E-state index >= 15 is 0 Å². The summed E-state index contributed by atoms with van der Waals surface area (Å²) in [6, 6.07) is 12.3. The van der Waals surface area contributed by atoms with E-state index in [0.29, 0.717) is 0 Å². The number of ether oxygens (including phenoxy) is 1. The molecule has 0 bridgehead atoms. The first-order valence-corrected chi connectivity index (χ1v) is 13.4. The lowest BCUT2D eigenvalue weighted by molar-refractivity contribution is 0.304. The summed E-state index contributed by atoms with van der Waals surface area (Å²) in [7, 11) is 0. The van der Waals surface area contributed by atoms with Crippen LogP contribution in [-0.2, 0) is 0 Å². The fourth-order valence-electron chi connectivity index (χ4n) is 3.72. The van der Waals surface area contributed by atoms with Crippen molar-refractivity contribution in [2.45, 2.75) is 71.1 Å². The lowest BCUT2D eigenvalue weighted by Gasteiger charge is -2.06. The van der Waals surface area contributed by atoms with Crippen LogP contribution in [0.15, 0.2) is 48.8 Å². The molecule has 0 unspecified atom stereocenters. The smallest absolute Gasteiger partial charge is 0.206 e. The molecule has 3 rings (SSSR count). The van der Waals surface area contributed by atoms with Gasteiger partial charge in [0.05, 0.1) is 6.61 Å². The lowest BCUT2D eigenvalue weighted by atomic mass is 10.1. The van der Waals surface area contributed by atoms with Gasteiger partial charge < -0.3 is 9.84 Å². The van der Waals surface area contributed by atoms with Crippen LogP contribution in [0.4, 0.5) is 22.0 Å². The molecule has 3 aromatic rings. The maximum Gasteiger partial charge on any atom is 0.206 e. The third-order valence-corrected chi connectivity index (χ3v) is 6.01. The molecule has 0 fully saturated rings. The minimum Gasteiger partial charge on any atom is -0.503 e. The molecule has 8 heteroatoms. The van der Waals surface area contributed by atoms with E-state index in [4.69, 9.17) is 9.84 Å². The summed E-state index contributed by atoms with van der Waals surface area (Å²) in [4.78, 5) is 4.03. The van der Waals surface area contributed by atoms with E-state index in [1.54, 1.807) is 0 Å². The molecule has 1 aromatic heterocycles. The summed E-state index contributed by atoms with van der Waals surface area (Å²) in [5, 5.41) is 8.30. The van der Waals surface area contributed by atoms with E-state index in [-0.39, 0.29) is 0 Å². The third-order valence-electron chi connectivity index (χ3n) is 6.01. The van der Waals surface area contributed by atoms with Crippen molar-refractivity contribution in [3.63, 3.8) is 0 Å². The number of aromatic hydroxyl groups is 1.